The summed E-state index contributed by atoms with van der Waals surface area (Å²) < 4.78 is 5.21. The molecule has 112 valence electrons. The molecular weight excluding hydrogens is 258 g/mol. The van der Waals surface area contributed by atoms with E-state index in [-0.39, 0.29) is 0 Å². The first-order valence-electron chi connectivity index (χ1n) is 7.66. The Kier molecular flexibility index (Phi) is 5.82. The van der Waals surface area contributed by atoms with Gasteiger partial charge in [0.05, 0.1) is 7.11 Å². The summed E-state index contributed by atoms with van der Waals surface area (Å²) in [6, 6.07) is 17.4. The van der Waals surface area contributed by atoms with Crippen molar-refractivity contribution in [1.29, 1.82) is 0 Å². The first-order chi connectivity index (χ1) is 10.2. The predicted molar refractivity (Wildman–Crippen MR) is 88.9 cm³/mol. The smallest absolute Gasteiger partial charge is 0.118 e. The fraction of sp³-hybridized carbons (Fsp3) is 0.368. The fourth-order valence-electron chi connectivity index (χ4n) is 2.61. The quantitative estimate of drug-likeness (QED) is 0.818. The van der Waals surface area contributed by atoms with E-state index in [4.69, 9.17) is 4.74 Å². The van der Waals surface area contributed by atoms with Crippen LogP contribution in [0.15, 0.2) is 48.5 Å². The van der Waals surface area contributed by atoms with Gasteiger partial charge in [0, 0.05) is 6.04 Å². The lowest BCUT2D eigenvalue weighted by molar-refractivity contribution is 0.414. The van der Waals surface area contributed by atoms with Crippen LogP contribution in [0.25, 0.3) is 0 Å². The molecule has 0 aliphatic carbocycles. The molecule has 0 heterocycles. The normalized spacial score (nSPS) is 12.1. The number of hydrogen-bond donors (Lipinski definition) is 1. The third-order valence-electron chi connectivity index (χ3n) is 3.97. The molecule has 21 heavy (non-hydrogen) atoms. The molecule has 0 aliphatic rings. The molecular formula is C19H25NO. The van der Waals surface area contributed by atoms with Crippen molar-refractivity contribution in [2.24, 2.45) is 0 Å². The molecule has 0 radical (unpaired) electrons. The van der Waals surface area contributed by atoms with Gasteiger partial charge in [-0.15, -0.1) is 0 Å². The van der Waals surface area contributed by atoms with E-state index < -0.39 is 0 Å². The molecule has 0 saturated carbocycles. The highest BCUT2D eigenvalue weighted by Crippen LogP contribution is 2.20. The van der Waals surface area contributed by atoms with Crippen LogP contribution in [0.4, 0.5) is 0 Å². The average Bonchev–Trinajstić information content (AvgIpc) is 2.53. The minimum Gasteiger partial charge on any atom is -0.497 e. The standard InChI is InChI=1S/C19H25NO/c1-4-19(17-9-11-18(21-3)12-10-17)20-14-13-16-8-6-5-7-15(16)2/h5-12,19-20H,4,13-14H2,1-3H3. The molecule has 2 heteroatoms. The van der Waals surface area contributed by atoms with Crippen molar-refractivity contribution in [3.05, 3.63) is 65.2 Å². The first-order valence-corrected chi connectivity index (χ1v) is 7.66. The van der Waals surface area contributed by atoms with Crippen LogP contribution in [0.3, 0.4) is 0 Å². The third kappa shape index (κ3) is 4.33. The zero-order valence-corrected chi connectivity index (χ0v) is 13.2. The molecule has 1 N–H and O–H groups in total. The van der Waals surface area contributed by atoms with Gasteiger partial charge in [-0.1, -0.05) is 43.3 Å². The lowest BCUT2D eigenvalue weighted by Crippen LogP contribution is -2.23. The molecule has 2 nitrogen and oxygen atoms in total. The van der Waals surface area contributed by atoms with Gasteiger partial charge in [-0.3, -0.25) is 0 Å². The van der Waals surface area contributed by atoms with E-state index in [9.17, 15) is 0 Å². The Hall–Kier alpha value is -1.80. The molecule has 0 aliphatic heterocycles. The van der Waals surface area contributed by atoms with Gasteiger partial charge in [0.2, 0.25) is 0 Å². The van der Waals surface area contributed by atoms with Gasteiger partial charge in [-0.25, -0.2) is 0 Å². The maximum atomic E-state index is 5.21. The lowest BCUT2D eigenvalue weighted by Gasteiger charge is -2.18. The van der Waals surface area contributed by atoms with E-state index in [2.05, 4.69) is 55.6 Å². The number of aryl methyl sites for hydroxylation is 1. The van der Waals surface area contributed by atoms with Gasteiger partial charge in [0.25, 0.3) is 0 Å². The largest absolute Gasteiger partial charge is 0.497 e. The van der Waals surface area contributed by atoms with Crippen LogP contribution in [0.2, 0.25) is 0 Å². The Morgan fingerprint density at radius 1 is 1.05 bits per heavy atom. The van der Waals surface area contributed by atoms with Gasteiger partial charge in [-0.05, 0) is 55.1 Å². The number of hydrogen-bond acceptors (Lipinski definition) is 2. The van der Waals surface area contributed by atoms with E-state index in [1.165, 1.54) is 16.7 Å². The monoisotopic (exact) mass is 283 g/mol. The SMILES string of the molecule is CCC(NCCc1ccccc1C)c1ccc(OC)cc1. The Morgan fingerprint density at radius 3 is 2.38 bits per heavy atom. The topological polar surface area (TPSA) is 21.3 Å². The molecule has 2 rings (SSSR count). The van der Waals surface area contributed by atoms with Crippen LogP contribution < -0.4 is 10.1 Å². The molecule has 0 saturated heterocycles. The Balaban J connectivity index is 1.91. The van der Waals surface area contributed by atoms with Crippen LogP contribution in [0.1, 0.15) is 36.1 Å². The van der Waals surface area contributed by atoms with Gasteiger partial charge < -0.3 is 10.1 Å². The summed E-state index contributed by atoms with van der Waals surface area (Å²) in [4.78, 5) is 0. The summed E-state index contributed by atoms with van der Waals surface area (Å²) in [5, 5.41) is 3.66. The fourth-order valence-corrected chi connectivity index (χ4v) is 2.61. The molecule has 0 spiro atoms. The van der Waals surface area contributed by atoms with Crippen molar-refractivity contribution in [1.82, 2.24) is 5.32 Å². The maximum absolute atomic E-state index is 5.21. The lowest BCUT2D eigenvalue weighted by atomic mass is 10.0. The highest BCUT2D eigenvalue weighted by Gasteiger charge is 2.08. The average molecular weight is 283 g/mol. The third-order valence-corrected chi connectivity index (χ3v) is 3.97. The number of methoxy groups -OCH3 is 1. The van der Waals surface area contributed by atoms with E-state index >= 15 is 0 Å². The number of rotatable bonds is 7. The molecule has 1 unspecified atom stereocenters. The highest BCUT2D eigenvalue weighted by molar-refractivity contribution is 5.29. The second kappa shape index (κ2) is 7.84. The van der Waals surface area contributed by atoms with Crippen LogP contribution >= 0.6 is 0 Å². The summed E-state index contributed by atoms with van der Waals surface area (Å²) >= 11 is 0. The van der Waals surface area contributed by atoms with Gasteiger partial charge in [-0.2, -0.15) is 0 Å². The minimum absolute atomic E-state index is 0.403. The van der Waals surface area contributed by atoms with Crippen LogP contribution in [0, 0.1) is 6.92 Å². The van der Waals surface area contributed by atoms with Gasteiger partial charge in [0.1, 0.15) is 5.75 Å². The molecule has 1 atom stereocenters. The van der Waals surface area contributed by atoms with Crippen molar-refractivity contribution in [3.8, 4) is 5.75 Å². The second-order valence-electron chi connectivity index (χ2n) is 5.36. The summed E-state index contributed by atoms with van der Waals surface area (Å²) in [6.45, 7) is 5.39. The predicted octanol–water partition coefficient (Wildman–Crippen LogP) is 4.29. The summed E-state index contributed by atoms with van der Waals surface area (Å²) in [5.41, 5.74) is 4.12. The van der Waals surface area contributed by atoms with E-state index in [0.717, 1.165) is 25.1 Å². The Bertz CT molecular complexity index is 548. The van der Waals surface area contributed by atoms with Crippen molar-refractivity contribution < 1.29 is 4.74 Å². The van der Waals surface area contributed by atoms with E-state index in [1.807, 2.05) is 12.1 Å². The number of benzene rings is 2. The minimum atomic E-state index is 0.403. The van der Waals surface area contributed by atoms with Crippen LogP contribution in [-0.4, -0.2) is 13.7 Å². The summed E-state index contributed by atoms with van der Waals surface area (Å²) in [7, 11) is 1.70. The zero-order chi connectivity index (χ0) is 15.1. The molecule has 0 fully saturated rings. The maximum Gasteiger partial charge on any atom is 0.118 e. The van der Waals surface area contributed by atoms with Crippen molar-refractivity contribution in [2.45, 2.75) is 32.7 Å². The van der Waals surface area contributed by atoms with Gasteiger partial charge >= 0.3 is 0 Å². The molecule has 2 aromatic rings. The van der Waals surface area contributed by atoms with Crippen molar-refractivity contribution in [2.75, 3.05) is 13.7 Å². The van der Waals surface area contributed by atoms with Crippen molar-refractivity contribution in [3.63, 3.8) is 0 Å². The second-order valence-corrected chi connectivity index (χ2v) is 5.36. The highest BCUT2D eigenvalue weighted by atomic mass is 16.5. The molecule has 0 aromatic heterocycles. The van der Waals surface area contributed by atoms with Gasteiger partial charge in [0.15, 0.2) is 0 Å². The zero-order valence-electron chi connectivity index (χ0n) is 13.2. The number of nitrogens with one attached hydrogen (secondary N) is 1. The first kappa shape index (κ1) is 15.6. The molecule has 0 amide bonds. The summed E-state index contributed by atoms with van der Waals surface area (Å²) in [5.74, 6) is 0.911. The van der Waals surface area contributed by atoms with E-state index in [1.54, 1.807) is 7.11 Å². The van der Waals surface area contributed by atoms with Crippen LogP contribution in [-0.2, 0) is 6.42 Å². The van der Waals surface area contributed by atoms with Crippen LogP contribution in [0.5, 0.6) is 5.75 Å². The molecule has 0 bridgehead atoms. The Morgan fingerprint density at radius 2 is 1.76 bits per heavy atom. The number of ether oxygens (including phenoxy) is 1. The van der Waals surface area contributed by atoms with Crippen molar-refractivity contribution >= 4 is 0 Å². The van der Waals surface area contributed by atoms with E-state index in [0.29, 0.717) is 6.04 Å². The molecule has 2 aromatic carbocycles. The summed E-state index contributed by atoms with van der Waals surface area (Å²) in [6.07, 6.45) is 2.15. The Labute approximate surface area is 128 Å².